The summed E-state index contributed by atoms with van der Waals surface area (Å²) in [5.41, 5.74) is 8.37. The third-order valence-corrected chi connectivity index (χ3v) is 4.80. The first kappa shape index (κ1) is 15.4. The maximum Gasteiger partial charge on any atom is 0.0359 e. The maximum absolute atomic E-state index is 6.14. The highest BCUT2D eigenvalue weighted by atomic mass is 15.2. The smallest absolute Gasteiger partial charge is 0.0359 e. The van der Waals surface area contributed by atoms with Gasteiger partial charge in [-0.05, 0) is 43.4 Å². The van der Waals surface area contributed by atoms with Gasteiger partial charge < -0.3 is 5.73 Å². The second kappa shape index (κ2) is 7.68. The van der Waals surface area contributed by atoms with Crippen LogP contribution in [0.2, 0.25) is 0 Å². The zero-order valence-corrected chi connectivity index (χ0v) is 13.1. The van der Waals surface area contributed by atoms with Crippen molar-refractivity contribution in [1.29, 1.82) is 0 Å². The van der Waals surface area contributed by atoms with Crippen LogP contribution in [-0.4, -0.2) is 17.5 Å². The van der Waals surface area contributed by atoms with Gasteiger partial charge in [0.25, 0.3) is 0 Å². The third-order valence-electron chi connectivity index (χ3n) is 4.80. The normalized spacial score (nSPS) is 23.1. The average molecular weight is 274 g/mol. The van der Waals surface area contributed by atoms with Crippen LogP contribution in [0.25, 0.3) is 0 Å². The molecule has 1 aromatic rings. The summed E-state index contributed by atoms with van der Waals surface area (Å²) in [6.07, 6.45) is 8.12. The number of nitrogen functional groups attached to an aromatic ring is 1. The fraction of sp³-hybridized carbons (Fsp3) is 0.667. The zero-order valence-electron chi connectivity index (χ0n) is 13.1. The monoisotopic (exact) mass is 274 g/mol. The van der Waals surface area contributed by atoms with E-state index in [4.69, 9.17) is 5.73 Å². The largest absolute Gasteiger partial charge is 0.398 e. The van der Waals surface area contributed by atoms with Gasteiger partial charge in [0, 0.05) is 18.3 Å². The van der Waals surface area contributed by atoms with Crippen LogP contribution in [-0.2, 0) is 6.54 Å². The first-order valence-corrected chi connectivity index (χ1v) is 8.33. The molecule has 1 fully saturated rings. The van der Waals surface area contributed by atoms with Gasteiger partial charge in [-0.25, -0.2) is 0 Å². The van der Waals surface area contributed by atoms with Crippen molar-refractivity contribution in [2.75, 3.05) is 12.3 Å². The van der Waals surface area contributed by atoms with Gasteiger partial charge in [-0.15, -0.1) is 0 Å². The molecule has 0 amide bonds. The van der Waals surface area contributed by atoms with Crippen LogP contribution >= 0.6 is 0 Å². The van der Waals surface area contributed by atoms with E-state index in [9.17, 15) is 0 Å². The molecule has 2 nitrogen and oxygen atoms in total. The minimum atomic E-state index is 0.758. The van der Waals surface area contributed by atoms with Crippen molar-refractivity contribution in [3.63, 3.8) is 0 Å². The minimum absolute atomic E-state index is 0.758. The van der Waals surface area contributed by atoms with Crippen molar-refractivity contribution >= 4 is 5.69 Å². The predicted octanol–water partition coefficient (Wildman–Crippen LogP) is 4.45. The summed E-state index contributed by atoms with van der Waals surface area (Å²) < 4.78 is 0. The molecule has 112 valence electrons. The van der Waals surface area contributed by atoms with E-state index in [-0.39, 0.29) is 0 Å². The van der Waals surface area contributed by atoms with Crippen molar-refractivity contribution in [2.24, 2.45) is 5.92 Å². The number of rotatable bonds is 6. The Bertz CT molecular complexity index is 402. The van der Waals surface area contributed by atoms with Gasteiger partial charge in [0.05, 0.1) is 0 Å². The van der Waals surface area contributed by atoms with E-state index in [1.54, 1.807) is 0 Å². The molecule has 1 saturated carbocycles. The van der Waals surface area contributed by atoms with E-state index in [1.165, 1.54) is 50.6 Å². The predicted molar refractivity (Wildman–Crippen MR) is 87.6 cm³/mol. The molecule has 0 aliphatic heterocycles. The molecule has 1 aromatic carbocycles. The Morgan fingerprint density at radius 1 is 1.15 bits per heavy atom. The molecule has 1 aliphatic rings. The van der Waals surface area contributed by atoms with Gasteiger partial charge in [-0.3, -0.25) is 4.90 Å². The van der Waals surface area contributed by atoms with Gasteiger partial charge in [-0.1, -0.05) is 51.3 Å². The molecule has 2 heteroatoms. The molecule has 0 heterocycles. The first-order valence-electron chi connectivity index (χ1n) is 8.33. The molecule has 1 aliphatic carbocycles. The fourth-order valence-corrected chi connectivity index (χ4v) is 3.69. The van der Waals surface area contributed by atoms with Crippen LogP contribution in [0, 0.1) is 5.92 Å². The van der Waals surface area contributed by atoms with Gasteiger partial charge in [-0.2, -0.15) is 0 Å². The van der Waals surface area contributed by atoms with Gasteiger partial charge in [0.15, 0.2) is 0 Å². The topological polar surface area (TPSA) is 29.3 Å². The van der Waals surface area contributed by atoms with Crippen molar-refractivity contribution in [3.05, 3.63) is 29.8 Å². The number of nitrogens with zero attached hydrogens (tertiary/aromatic N) is 1. The molecular weight excluding hydrogens is 244 g/mol. The number of benzene rings is 1. The molecule has 0 spiro atoms. The second-order valence-corrected chi connectivity index (χ2v) is 6.19. The molecule has 0 saturated heterocycles. The van der Waals surface area contributed by atoms with Crippen molar-refractivity contribution in [2.45, 2.75) is 65.0 Å². The lowest BCUT2D eigenvalue weighted by Gasteiger charge is -2.40. The summed E-state index contributed by atoms with van der Waals surface area (Å²) in [6, 6.07) is 9.10. The van der Waals surface area contributed by atoms with Crippen LogP contribution in [0.5, 0.6) is 0 Å². The van der Waals surface area contributed by atoms with Gasteiger partial charge in [0.1, 0.15) is 0 Å². The fourth-order valence-electron chi connectivity index (χ4n) is 3.69. The van der Waals surface area contributed by atoms with Crippen molar-refractivity contribution < 1.29 is 0 Å². The van der Waals surface area contributed by atoms with Crippen LogP contribution in [0.15, 0.2) is 24.3 Å². The highest BCUT2D eigenvalue weighted by Crippen LogP contribution is 2.32. The number of nitrogens with two attached hydrogens (primary N) is 1. The molecule has 2 rings (SSSR count). The first-order chi connectivity index (χ1) is 9.76. The van der Waals surface area contributed by atoms with E-state index < -0.39 is 0 Å². The second-order valence-electron chi connectivity index (χ2n) is 6.19. The lowest BCUT2D eigenvalue weighted by atomic mass is 9.81. The zero-order chi connectivity index (χ0) is 14.4. The van der Waals surface area contributed by atoms with Crippen molar-refractivity contribution in [3.8, 4) is 0 Å². The number of hydrogen-bond acceptors (Lipinski definition) is 2. The molecular formula is C18H30N2. The summed E-state index contributed by atoms with van der Waals surface area (Å²) >= 11 is 0. The minimum Gasteiger partial charge on any atom is -0.398 e. The molecule has 2 N–H and O–H groups in total. The van der Waals surface area contributed by atoms with Gasteiger partial charge in [0.2, 0.25) is 0 Å². The van der Waals surface area contributed by atoms with E-state index in [0.29, 0.717) is 0 Å². The Morgan fingerprint density at radius 2 is 1.90 bits per heavy atom. The van der Waals surface area contributed by atoms with E-state index in [0.717, 1.165) is 24.2 Å². The maximum atomic E-state index is 6.14. The van der Waals surface area contributed by atoms with E-state index in [2.05, 4.69) is 30.9 Å². The number of anilines is 1. The lowest BCUT2D eigenvalue weighted by Crippen LogP contribution is -2.42. The van der Waals surface area contributed by atoms with E-state index in [1.807, 2.05) is 12.1 Å². The quantitative estimate of drug-likeness (QED) is 0.777. The molecule has 2 unspecified atom stereocenters. The Hall–Kier alpha value is -1.02. The number of hydrogen-bond donors (Lipinski definition) is 1. The standard InChI is InChI=1S/C18H30N2/c1-3-13-20(14-16-10-5-7-11-17(16)19)18-12-8-6-9-15(18)4-2/h5,7,10-11,15,18H,3-4,6,8-9,12-14,19H2,1-2H3. The molecule has 0 radical (unpaired) electrons. The van der Waals surface area contributed by atoms with E-state index >= 15 is 0 Å². The molecule has 20 heavy (non-hydrogen) atoms. The number of para-hydroxylation sites is 1. The molecule has 0 bridgehead atoms. The van der Waals surface area contributed by atoms with Crippen LogP contribution < -0.4 is 5.73 Å². The van der Waals surface area contributed by atoms with Crippen LogP contribution in [0.3, 0.4) is 0 Å². The summed E-state index contributed by atoms with van der Waals surface area (Å²) in [5.74, 6) is 0.875. The SMILES string of the molecule is CCCN(Cc1ccccc1N)C1CCCCC1CC. The highest BCUT2D eigenvalue weighted by molar-refractivity contribution is 5.46. The Kier molecular flexibility index (Phi) is 5.90. The molecule has 2 atom stereocenters. The Balaban J connectivity index is 2.11. The average Bonchev–Trinajstić information content (AvgIpc) is 2.49. The Labute approximate surface area is 124 Å². The van der Waals surface area contributed by atoms with Crippen molar-refractivity contribution in [1.82, 2.24) is 4.90 Å². The van der Waals surface area contributed by atoms with Crippen LogP contribution in [0.1, 0.15) is 57.9 Å². The van der Waals surface area contributed by atoms with Crippen LogP contribution in [0.4, 0.5) is 5.69 Å². The lowest BCUT2D eigenvalue weighted by molar-refractivity contribution is 0.0941. The summed E-state index contributed by atoms with van der Waals surface area (Å²) in [7, 11) is 0. The summed E-state index contributed by atoms with van der Waals surface area (Å²) in [6.45, 7) is 6.84. The third kappa shape index (κ3) is 3.76. The Morgan fingerprint density at radius 3 is 2.60 bits per heavy atom. The van der Waals surface area contributed by atoms with Gasteiger partial charge >= 0.3 is 0 Å². The highest BCUT2D eigenvalue weighted by Gasteiger charge is 2.28. The summed E-state index contributed by atoms with van der Waals surface area (Å²) in [4.78, 5) is 2.69. The summed E-state index contributed by atoms with van der Waals surface area (Å²) in [5, 5.41) is 0. The molecule has 0 aromatic heterocycles.